The third-order valence-corrected chi connectivity index (χ3v) is 3.95. The van der Waals surface area contributed by atoms with Crippen LogP contribution in [0.3, 0.4) is 0 Å². The van der Waals surface area contributed by atoms with E-state index < -0.39 is 0 Å². The predicted octanol–water partition coefficient (Wildman–Crippen LogP) is 3.97. The van der Waals surface area contributed by atoms with Crippen LogP contribution in [0.4, 0.5) is 5.69 Å². The average molecular weight is 416 g/mol. The molecule has 2 aromatic rings. The van der Waals surface area contributed by atoms with Crippen LogP contribution in [0, 0.1) is 3.57 Å². The van der Waals surface area contributed by atoms with Crippen LogP contribution in [-0.2, 0) is 0 Å². The van der Waals surface area contributed by atoms with E-state index in [0.717, 1.165) is 3.57 Å². The lowest BCUT2D eigenvalue weighted by molar-refractivity contribution is 0.102. The van der Waals surface area contributed by atoms with Crippen LogP contribution in [-0.4, -0.2) is 19.1 Å². The van der Waals surface area contributed by atoms with Gasteiger partial charge in [-0.1, -0.05) is 17.7 Å². The van der Waals surface area contributed by atoms with Gasteiger partial charge in [0.1, 0.15) is 13.2 Å². The Hall–Kier alpha value is -1.47. The Bertz CT molecular complexity index is 705. The van der Waals surface area contributed by atoms with Crippen molar-refractivity contribution in [1.82, 2.24) is 0 Å². The molecule has 6 heteroatoms. The molecule has 1 heterocycles. The lowest BCUT2D eigenvalue weighted by Gasteiger charge is -2.20. The van der Waals surface area contributed by atoms with Crippen molar-refractivity contribution in [2.45, 2.75) is 0 Å². The largest absolute Gasteiger partial charge is 0.486 e. The minimum Gasteiger partial charge on any atom is -0.486 e. The average Bonchev–Trinajstić information content (AvgIpc) is 2.48. The minimum absolute atomic E-state index is 0.216. The monoisotopic (exact) mass is 415 g/mol. The third-order valence-electron chi connectivity index (χ3n) is 2.97. The molecule has 0 saturated heterocycles. The second kappa shape index (κ2) is 6.11. The van der Waals surface area contributed by atoms with E-state index in [1.807, 2.05) is 18.2 Å². The topological polar surface area (TPSA) is 47.6 Å². The number of hydrogen-bond acceptors (Lipinski definition) is 3. The number of rotatable bonds is 2. The number of benzene rings is 2. The lowest BCUT2D eigenvalue weighted by Crippen LogP contribution is -2.17. The van der Waals surface area contributed by atoms with Gasteiger partial charge in [-0.2, -0.15) is 0 Å². The van der Waals surface area contributed by atoms with Gasteiger partial charge < -0.3 is 14.8 Å². The number of amides is 1. The molecule has 0 spiro atoms. The van der Waals surface area contributed by atoms with E-state index in [1.165, 1.54) is 0 Å². The highest BCUT2D eigenvalue weighted by Gasteiger charge is 2.16. The first-order chi connectivity index (χ1) is 10.1. The van der Waals surface area contributed by atoms with Crippen LogP contribution in [0.15, 0.2) is 36.4 Å². The van der Waals surface area contributed by atoms with Gasteiger partial charge in [0.25, 0.3) is 5.91 Å². The van der Waals surface area contributed by atoms with Crippen LogP contribution in [0.25, 0.3) is 0 Å². The van der Waals surface area contributed by atoms with Crippen molar-refractivity contribution in [1.29, 1.82) is 0 Å². The molecular formula is C15H11ClINO3. The summed E-state index contributed by atoms with van der Waals surface area (Å²) in [7, 11) is 0. The SMILES string of the molecule is O=C(Nc1cc2c(cc1Cl)OCCO2)c1cccc(I)c1. The number of carbonyl (C=O) groups is 1. The summed E-state index contributed by atoms with van der Waals surface area (Å²) in [6, 6.07) is 10.7. The zero-order valence-corrected chi connectivity index (χ0v) is 13.8. The summed E-state index contributed by atoms with van der Waals surface area (Å²) in [5.41, 5.74) is 1.08. The highest BCUT2D eigenvalue weighted by molar-refractivity contribution is 14.1. The smallest absolute Gasteiger partial charge is 0.255 e. The van der Waals surface area contributed by atoms with Crippen LogP contribution in [0.5, 0.6) is 11.5 Å². The molecule has 0 saturated carbocycles. The van der Waals surface area contributed by atoms with Crippen molar-refractivity contribution in [3.8, 4) is 11.5 Å². The lowest BCUT2D eigenvalue weighted by atomic mass is 10.2. The zero-order valence-electron chi connectivity index (χ0n) is 10.9. The molecule has 1 aliphatic heterocycles. The predicted molar refractivity (Wildman–Crippen MR) is 89.6 cm³/mol. The fourth-order valence-electron chi connectivity index (χ4n) is 1.98. The molecule has 0 bridgehead atoms. The fourth-order valence-corrected chi connectivity index (χ4v) is 2.73. The first kappa shape index (κ1) is 14.5. The van der Waals surface area contributed by atoms with Crippen molar-refractivity contribution in [3.05, 3.63) is 50.6 Å². The van der Waals surface area contributed by atoms with E-state index in [0.29, 0.717) is 41.0 Å². The summed E-state index contributed by atoms with van der Waals surface area (Å²) >= 11 is 8.33. The second-order valence-corrected chi connectivity index (χ2v) is 6.09. The molecule has 0 radical (unpaired) electrons. The molecule has 0 unspecified atom stereocenters. The Morgan fingerprint density at radius 3 is 2.57 bits per heavy atom. The molecule has 4 nitrogen and oxygen atoms in total. The van der Waals surface area contributed by atoms with Gasteiger partial charge in [0.15, 0.2) is 11.5 Å². The van der Waals surface area contributed by atoms with E-state index in [4.69, 9.17) is 21.1 Å². The molecule has 0 fully saturated rings. The number of anilines is 1. The van der Waals surface area contributed by atoms with Gasteiger partial charge in [-0.15, -0.1) is 0 Å². The maximum absolute atomic E-state index is 12.2. The van der Waals surface area contributed by atoms with E-state index in [1.54, 1.807) is 18.2 Å². The van der Waals surface area contributed by atoms with Gasteiger partial charge in [-0.25, -0.2) is 0 Å². The maximum Gasteiger partial charge on any atom is 0.255 e. The maximum atomic E-state index is 12.2. The summed E-state index contributed by atoms with van der Waals surface area (Å²) in [6.45, 7) is 0.983. The fraction of sp³-hybridized carbons (Fsp3) is 0.133. The van der Waals surface area contributed by atoms with Crippen LogP contribution < -0.4 is 14.8 Å². The third kappa shape index (κ3) is 3.24. The number of hydrogen-bond donors (Lipinski definition) is 1. The Balaban J connectivity index is 1.86. The van der Waals surface area contributed by atoms with Gasteiger partial charge in [0.2, 0.25) is 0 Å². The van der Waals surface area contributed by atoms with Crippen molar-refractivity contribution >= 4 is 45.8 Å². The summed E-state index contributed by atoms with van der Waals surface area (Å²) in [4.78, 5) is 12.2. The van der Waals surface area contributed by atoms with E-state index in [9.17, 15) is 4.79 Å². The molecule has 2 aromatic carbocycles. The quantitative estimate of drug-likeness (QED) is 0.755. The van der Waals surface area contributed by atoms with Crippen LogP contribution in [0.1, 0.15) is 10.4 Å². The number of nitrogens with one attached hydrogen (secondary N) is 1. The van der Waals surface area contributed by atoms with E-state index >= 15 is 0 Å². The Morgan fingerprint density at radius 2 is 1.86 bits per heavy atom. The molecule has 3 rings (SSSR count). The van der Waals surface area contributed by atoms with E-state index in [-0.39, 0.29) is 5.91 Å². The summed E-state index contributed by atoms with van der Waals surface area (Å²) in [5.74, 6) is 0.967. The summed E-state index contributed by atoms with van der Waals surface area (Å²) in [5, 5.41) is 3.21. The van der Waals surface area contributed by atoms with Crippen molar-refractivity contribution < 1.29 is 14.3 Å². The first-order valence-corrected chi connectivity index (χ1v) is 7.75. The molecule has 0 aliphatic carbocycles. The Morgan fingerprint density at radius 1 is 1.14 bits per heavy atom. The van der Waals surface area contributed by atoms with Gasteiger partial charge in [-0.05, 0) is 40.8 Å². The standard InChI is InChI=1S/C15H11ClINO3/c16-11-7-13-14(21-5-4-20-13)8-12(11)18-15(19)9-2-1-3-10(17)6-9/h1-3,6-8H,4-5H2,(H,18,19). The van der Waals surface area contributed by atoms with Gasteiger partial charge in [0, 0.05) is 21.3 Å². The number of halogens is 2. The number of fused-ring (bicyclic) bond motifs is 1. The van der Waals surface area contributed by atoms with Gasteiger partial charge in [0.05, 0.1) is 10.7 Å². The Labute approximate surface area is 140 Å². The van der Waals surface area contributed by atoms with Crippen LogP contribution >= 0.6 is 34.2 Å². The molecule has 0 atom stereocenters. The normalized spacial score (nSPS) is 12.9. The van der Waals surface area contributed by atoms with Crippen molar-refractivity contribution in [3.63, 3.8) is 0 Å². The minimum atomic E-state index is -0.216. The van der Waals surface area contributed by atoms with Gasteiger partial charge >= 0.3 is 0 Å². The zero-order chi connectivity index (χ0) is 14.8. The summed E-state index contributed by atoms with van der Waals surface area (Å²) in [6.07, 6.45) is 0. The van der Waals surface area contributed by atoms with Crippen LogP contribution in [0.2, 0.25) is 5.02 Å². The number of ether oxygens (including phenoxy) is 2. The first-order valence-electron chi connectivity index (χ1n) is 6.29. The summed E-state index contributed by atoms with van der Waals surface area (Å²) < 4.78 is 11.9. The molecule has 21 heavy (non-hydrogen) atoms. The molecule has 1 amide bonds. The van der Waals surface area contributed by atoms with Crippen molar-refractivity contribution in [2.75, 3.05) is 18.5 Å². The highest BCUT2D eigenvalue weighted by atomic mass is 127. The number of carbonyl (C=O) groups excluding carboxylic acids is 1. The molecular weight excluding hydrogens is 405 g/mol. The Kier molecular flexibility index (Phi) is 4.21. The van der Waals surface area contributed by atoms with E-state index in [2.05, 4.69) is 27.9 Å². The van der Waals surface area contributed by atoms with Gasteiger partial charge in [-0.3, -0.25) is 4.79 Å². The molecule has 108 valence electrons. The molecule has 0 aromatic heterocycles. The second-order valence-electron chi connectivity index (χ2n) is 4.44. The highest BCUT2D eigenvalue weighted by Crippen LogP contribution is 2.38. The van der Waals surface area contributed by atoms with Crippen molar-refractivity contribution in [2.24, 2.45) is 0 Å². The molecule has 1 aliphatic rings. The molecule has 1 N–H and O–H groups in total.